The van der Waals surface area contributed by atoms with Crippen molar-refractivity contribution in [1.29, 1.82) is 0 Å². The standard InChI is InChI=1S/C21H24BrFN4O2/c1-12-16(13(2)24-20-19(12)21(29-5)25-27(20)4)7-9-18(28)26(3)11-14-10-15(22)6-8-17(14)23/h6,8,10H,7,9,11H2,1-5H3. The van der Waals surface area contributed by atoms with Crippen LogP contribution in [0, 0.1) is 19.7 Å². The predicted molar refractivity (Wildman–Crippen MR) is 113 cm³/mol. The van der Waals surface area contributed by atoms with Crippen molar-refractivity contribution >= 4 is 32.9 Å². The Balaban J connectivity index is 1.77. The fraction of sp³-hybridized carbons (Fsp3) is 0.381. The molecular weight excluding hydrogens is 439 g/mol. The van der Waals surface area contributed by atoms with Crippen molar-refractivity contribution < 1.29 is 13.9 Å². The quantitative estimate of drug-likeness (QED) is 0.553. The summed E-state index contributed by atoms with van der Waals surface area (Å²) in [4.78, 5) is 18.9. The molecule has 0 aliphatic carbocycles. The fourth-order valence-corrected chi connectivity index (χ4v) is 3.95. The molecule has 0 aliphatic heterocycles. The van der Waals surface area contributed by atoms with Crippen molar-refractivity contribution in [3.8, 4) is 5.88 Å². The zero-order valence-electron chi connectivity index (χ0n) is 17.2. The molecule has 0 unspecified atom stereocenters. The lowest BCUT2D eigenvalue weighted by molar-refractivity contribution is -0.130. The summed E-state index contributed by atoms with van der Waals surface area (Å²) in [5.74, 6) is 0.154. The lowest BCUT2D eigenvalue weighted by atomic mass is 10.00. The largest absolute Gasteiger partial charge is 0.479 e. The Bertz CT molecular complexity index is 1080. The van der Waals surface area contributed by atoms with E-state index in [-0.39, 0.29) is 18.3 Å². The molecule has 0 saturated carbocycles. The van der Waals surface area contributed by atoms with Gasteiger partial charge in [0.15, 0.2) is 5.65 Å². The van der Waals surface area contributed by atoms with Crippen LogP contribution in [0.1, 0.15) is 28.8 Å². The third kappa shape index (κ3) is 4.27. The Labute approximate surface area is 177 Å². The van der Waals surface area contributed by atoms with Gasteiger partial charge in [0.1, 0.15) is 5.82 Å². The molecule has 3 aromatic rings. The van der Waals surface area contributed by atoms with Crippen LogP contribution in [0.5, 0.6) is 5.88 Å². The molecule has 0 saturated heterocycles. The van der Waals surface area contributed by atoms with E-state index in [1.807, 2.05) is 20.9 Å². The monoisotopic (exact) mass is 462 g/mol. The molecule has 29 heavy (non-hydrogen) atoms. The van der Waals surface area contributed by atoms with E-state index in [0.29, 0.717) is 24.3 Å². The zero-order chi connectivity index (χ0) is 21.3. The van der Waals surface area contributed by atoms with Gasteiger partial charge in [-0.2, -0.15) is 0 Å². The Kier molecular flexibility index (Phi) is 6.21. The summed E-state index contributed by atoms with van der Waals surface area (Å²) < 4.78 is 21.9. The topological polar surface area (TPSA) is 60.2 Å². The number of carbonyl (C=O) groups is 1. The first-order valence-electron chi connectivity index (χ1n) is 9.27. The maximum atomic E-state index is 14.0. The van der Waals surface area contributed by atoms with Gasteiger partial charge in [0, 0.05) is 42.8 Å². The fourth-order valence-electron chi connectivity index (χ4n) is 3.54. The minimum Gasteiger partial charge on any atom is -0.479 e. The van der Waals surface area contributed by atoms with E-state index < -0.39 is 0 Å². The van der Waals surface area contributed by atoms with Crippen LogP contribution in [0.25, 0.3) is 11.0 Å². The number of methoxy groups -OCH3 is 1. The SMILES string of the molecule is COc1nn(C)c2nc(C)c(CCC(=O)N(C)Cc3cc(Br)ccc3F)c(C)c12. The predicted octanol–water partition coefficient (Wildman–Crippen LogP) is 4.09. The molecule has 1 amide bonds. The number of ether oxygens (including phenoxy) is 1. The van der Waals surface area contributed by atoms with Gasteiger partial charge in [-0.25, -0.2) is 14.1 Å². The van der Waals surface area contributed by atoms with Gasteiger partial charge in [-0.1, -0.05) is 15.9 Å². The van der Waals surface area contributed by atoms with Crippen LogP contribution >= 0.6 is 15.9 Å². The molecule has 0 radical (unpaired) electrons. The molecule has 0 fully saturated rings. The number of benzene rings is 1. The van der Waals surface area contributed by atoms with Crippen LogP contribution in [0.4, 0.5) is 4.39 Å². The highest BCUT2D eigenvalue weighted by Gasteiger charge is 2.19. The van der Waals surface area contributed by atoms with E-state index in [4.69, 9.17) is 4.74 Å². The Morgan fingerprint density at radius 1 is 1.34 bits per heavy atom. The normalized spacial score (nSPS) is 11.1. The number of aryl methyl sites for hydroxylation is 3. The summed E-state index contributed by atoms with van der Waals surface area (Å²) in [6, 6.07) is 4.73. The number of carbonyl (C=O) groups excluding carboxylic acids is 1. The van der Waals surface area contributed by atoms with Crippen LogP contribution in [-0.4, -0.2) is 39.7 Å². The summed E-state index contributed by atoms with van der Waals surface area (Å²) >= 11 is 3.34. The van der Waals surface area contributed by atoms with Crippen molar-refractivity contribution in [1.82, 2.24) is 19.7 Å². The molecule has 0 spiro atoms. The second-order valence-corrected chi connectivity index (χ2v) is 8.03. The van der Waals surface area contributed by atoms with Crippen LogP contribution in [-0.2, 0) is 24.8 Å². The highest BCUT2D eigenvalue weighted by molar-refractivity contribution is 9.10. The number of nitrogens with zero attached hydrogens (tertiary/aromatic N) is 4. The lowest BCUT2D eigenvalue weighted by Crippen LogP contribution is -2.27. The van der Waals surface area contributed by atoms with Crippen LogP contribution < -0.4 is 4.74 Å². The van der Waals surface area contributed by atoms with Crippen molar-refractivity contribution in [3.05, 3.63) is 50.9 Å². The highest BCUT2D eigenvalue weighted by Crippen LogP contribution is 2.30. The number of hydrogen-bond donors (Lipinski definition) is 0. The Morgan fingerprint density at radius 2 is 2.07 bits per heavy atom. The van der Waals surface area contributed by atoms with Gasteiger partial charge in [-0.3, -0.25) is 4.79 Å². The minimum absolute atomic E-state index is 0.0542. The van der Waals surface area contributed by atoms with E-state index >= 15 is 0 Å². The summed E-state index contributed by atoms with van der Waals surface area (Å²) in [5, 5.41) is 5.22. The molecule has 8 heteroatoms. The molecule has 0 N–H and O–H groups in total. The lowest BCUT2D eigenvalue weighted by Gasteiger charge is -2.19. The number of pyridine rings is 1. The molecule has 3 rings (SSSR count). The Morgan fingerprint density at radius 3 is 2.76 bits per heavy atom. The maximum Gasteiger partial charge on any atom is 0.242 e. The first-order valence-corrected chi connectivity index (χ1v) is 10.1. The van der Waals surface area contributed by atoms with Crippen molar-refractivity contribution in [2.45, 2.75) is 33.2 Å². The number of fused-ring (bicyclic) bond motifs is 1. The summed E-state index contributed by atoms with van der Waals surface area (Å²) in [6.45, 7) is 4.16. The summed E-state index contributed by atoms with van der Waals surface area (Å²) in [7, 11) is 5.10. The van der Waals surface area contributed by atoms with Gasteiger partial charge in [0.25, 0.3) is 0 Å². The van der Waals surface area contributed by atoms with Crippen LogP contribution in [0.3, 0.4) is 0 Å². The number of aromatic nitrogens is 3. The van der Waals surface area contributed by atoms with Crippen molar-refractivity contribution in [2.24, 2.45) is 7.05 Å². The Hall–Kier alpha value is -2.48. The van der Waals surface area contributed by atoms with E-state index in [1.165, 1.54) is 6.07 Å². The molecule has 0 bridgehead atoms. The van der Waals surface area contributed by atoms with Gasteiger partial charge in [-0.05, 0) is 49.6 Å². The van der Waals surface area contributed by atoms with Gasteiger partial charge in [-0.15, -0.1) is 5.10 Å². The second kappa shape index (κ2) is 8.49. The number of hydrogen-bond acceptors (Lipinski definition) is 4. The second-order valence-electron chi connectivity index (χ2n) is 7.12. The molecule has 0 atom stereocenters. The van der Waals surface area contributed by atoms with E-state index in [2.05, 4.69) is 26.0 Å². The first kappa shape index (κ1) is 21.2. The molecule has 2 heterocycles. The summed E-state index contributed by atoms with van der Waals surface area (Å²) in [5.41, 5.74) is 4.14. The van der Waals surface area contributed by atoms with Gasteiger partial charge in [0.2, 0.25) is 11.8 Å². The van der Waals surface area contributed by atoms with Gasteiger partial charge in [0.05, 0.1) is 12.5 Å². The number of halogens is 2. The van der Waals surface area contributed by atoms with Crippen LogP contribution in [0.15, 0.2) is 22.7 Å². The molecular formula is C21H24BrFN4O2. The zero-order valence-corrected chi connectivity index (χ0v) is 18.8. The average molecular weight is 463 g/mol. The third-order valence-corrected chi connectivity index (χ3v) is 5.64. The molecule has 0 aliphatic rings. The van der Waals surface area contributed by atoms with Crippen molar-refractivity contribution in [3.63, 3.8) is 0 Å². The maximum absolute atomic E-state index is 14.0. The van der Waals surface area contributed by atoms with Gasteiger partial charge < -0.3 is 9.64 Å². The third-order valence-electron chi connectivity index (χ3n) is 5.15. The molecule has 6 nitrogen and oxygen atoms in total. The van der Waals surface area contributed by atoms with Gasteiger partial charge >= 0.3 is 0 Å². The molecule has 154 valence electrons. The average Bonchev–Trinajstić information content (AvgIpc) is 3.00. The first-order chi connectivity index (χ1) is 13.7. The summed E-state index contributed by atoms with van der Waals surface area (Å²) in [6.07, 6.45) is 0.854. The number of amides is 1. The highest BCUT2D eigenvalue weighted by atomic mass is 79.9. The van der Waals surface area contributed by atoms with Crippen LogP contribution in [0.2, 0.25) is 0 Å². The van der Waals surface area contributed by atoms with Crippen molar-refractivity contribution in [2.75, 3.05) is 14.2 Å². The smallest absolute Gasteiger partial charge is 0.242 e. The van der Waals surface area contributed by atoms with E-state index in [0.717, 1.165) is 32.3 Å². The minimum atomic E-state index is -0.321. The number of rotatable bonds is 6. The van der Waals surface area contributed by atoms with E-state index in [9.17, 15) is 9.18 Å². The molecule has 2 aromatic heterocycles. The van der Waals surface area contributed by atoms with E-state index in [1.54, 1.807) is 35.9 Å². The molecule has 1 aromatic carbocycles.